The SMILES string of the molecule is O=[N+]([O-])c1cc([N+](=O)[O-])c(O[C@H]2CCCC[C@H]2O)c([N+](=O)[O-])c1. The predicted molar refractivity (Wildman–Crippen MR) is 75.3 cm³/mol. The maximum absolute atomic E-state index is 11.1. The van der Waals surface area contributed by atoms with E-state index in [4.69, 9.17) is 4.74 Å². The summed E-state index contributed by atoms with van der Waals surface area (Å²) >= 11 is 0. The summed E-state index contributed by atoms with van der Waals surface area (Å²) in [4.78, 5) is 30.1. The highest BCUT2D eigenvalue weighted by Gasteiger charge is 2.35. The van der Waals surface area contributed by atoms with E-state index in [0.29, 0.717) is 31.4 Å². The molecule has 11 heteroatoms. The molecule has 1 N–H and O–H groups in total. The molecular formula is C12H13N3O8. The summed E-state index contributed by atoms with van der Waals surface area (Å²) in [6.07, 6.45) is 0.522. The largest absolute Gasteiger partial charge is 0.476 e. The monoisotopic (exact) mass is 327 g/mol. The van der Waals surface area contributed by atoms with Gasteiger partial charge in [-0.3, -0.25) is 30.3 Å². The molecular weight excluding hydrogens is 314 g/mol. The van der Waals surface area contributed by atoms with Crippen molar-refractivity contribution in [3.63, 3.8) is 0 Å². The maximum atomic E-state index is 11.1. The highest BCUT2D eigenvalue weighted by atomic mass is 16.6. The number of hydrogen-bond acceptors (Lipinski definition) is 8. The summed E-state index contributed by atoms with van der Waals surface area (Å²) in [5, 5.41) is 42.9. The molecule has 1 aliphatic carbocycles. The van der Waals surface area contributed by atoms with Gasteiger partial charge in [0.1, 0.15) is 6.10 Å². The first kappa shape index (κ1) is 16.5. The lowest BCUT2D eigenvalue weighted by atomic mass is 9.95. The first-order chi connectivity index (χ1) is 10.8. The van der Waals surface area contributed by atoms with Crippen LogP contribution >= 0.6 is 0 Å². The van der Waals surface area contributed by atoms with Crippen LogP contribution in [0.4, 0.5) is 17.1 Å². The predicted octanol–water partition coefficient (Wildman–Crippen LogP) is 2.09. The van der Waals surface area contributed by atoms with Crippen LogP contribution in [0.25, 0.3) is 0 Å². The lowest BCUT2D eigenvalue weighted by molar-refractivity contribution is -0.404. The molecule has 2 rings (SSSR count). The second-order valence-electron chi connectivity index (χ2n) is 5.09. The summed E-state index contributed by atoms with van der Waals surface area (Å²) < 4.78 is 5.33. The number of ether oxygens (including phenoxy) is 1. The Hall–Kier alpha value is -2.82. The van der Waals surface area contributed by atoms with E-state index in [0.717, 1.165) is 6.42 Å². The molecule has 0 aromatic heterocycles. The number of hydrogen-bond donors (Lipinski definition) is 1. The number of nitro benzene ring substituents is 3. The fourth-order valence-corrected chi connectivity index (χ4v) is 2.45. The normalized spacial score (nSPS) is 20.7. The van der Waals surface area contributed by atoms with Crippen molar-refractivity contribution in [2.24, 2.45) is 0 Å². The van der Waals surface area contributed by atoms with Gasteiger partial charge in [-0.25, -0.2) is 0 Å². The third-order valence-corrected chi connectivity index (χ3v) is 3.58. The highest BCUT2D eigenvalue weighted by molar-refractivity contribution is 5.65. The van der Waals surface area contributed by atoms with Gasteiger partial charge < -0.3 is 9.84 Å². The molecule has 1 saturated carbocycles. The van der Waals surface area contributed by atoms with Gasteiger partial charge in [0.25, 0.3) is 11.4 Å². The van der Waals surface area contributed by atoms with Crippen molar-refractivity contribution in [2.45, 2.75) is 37.9 Å². The molecule has 0 aliphatic heterocycles. The van der Waals surface area contributed by atoms with Gasteiger partial charge in [-0.05, 0) is 19.3 Å². The zero-order valence-corrected chi connectivity index (χ0v) is 11.8. The topological polar surface area (TPSA) is 159 Å². The molecule has 0 bridgehead atoms. The van der Waals surface area contributed by atoms with E-state index in [1.54, 1.807) is 0 Å². The number of aliphatic hydroxyl groups excluding tert-OH is 1. The molecule has 1 fully saturated rings. The quantitative estimate of drug-likeness (QED) is 0.635. The minimum atomic E-state index is -0.982. The number of nitro groups is 3. The summed E-state index contributed by atoms with van der Waals surface area (Å²) in [5.74, 6) is -0.670. The van der Waals surface area contributed by atoms with Crippen LogP contribution in [0.1, 0.15) is 25.7 Å². The summed E-state index contributed by atoms with van der Waals surface area (Å²) in [6, 6.07) is 1.22. The standard InChI is InChI=1S/C12H13N3O8/c16-10-3-1-2-4-11(10)23-12-8(14(19)20)5-7(13(17)18)6-9(12)15(21)22/h5-6,10-11,16H,1-4H2/t10-,11+/m1/s1. The van der Waals surface area contributed by atoms with Crippen LogP contribution in [0.3, 0.4) is 0 Å². The average molecular weight is 327 g/mol. The first-order valence-corrected chi connectivity index (χ1v) is 6.77. The molecule has 11 nitrogen and oxygen atoms in total. The average Bonchev–Trinajstić information content (AvgIpc) is 2.48. The van der Waals surface area contributed by atoms with E-state index >= 15 is 0 Å². The van der Waals surface area contributed by atoms with E-state index in [1.807, 2.05) is 0 Å². The Labute approximate surface area is 128 Å². The van der Waals surface area contributed by atoms with Gasteiger partial charge in [-0.2, -0.15) is 0 Å². The van der Waals surface area contributed by atoms with Crippen molar-refractivity contribution in [3.8, 4) is 5.75 Å². The minimum absolute atomic E-state index is 0.381. The van der Waals surface area contributed by atoms with E-state index in [-0.39, 0.29) is 0 Å². The Morgan fingerprint density at radius 2 is 1.48 bits per heavy atom. The maximum Gasteiger partial charge on any atom is 0.325 e. The van der Waals surface area contributed by atoms with Gasteiger partial charge in [0.15, 0.2) is 0 Å². The Morgan fingerprint density at radius 3 is 1.91 bits per heavy atom. The Balaban J connectivity index is 2.52. The zero-order chi connectivity index (χ0) is 17.1. The molecule has 124 valence electrons. The smallest absolute Gasteiger partial charge is 0.325 e. The van der Waals surface area contributed by atoms with E-state index in [2.05, 4.69) is 0 Å². The van der Waals surface area contributed by atoms with Crippen LogP contribution in [-0.4, -0.2) is 32.1 Å². The van der Waals surface area contributed by atoms with Crippen LogP contribution in [0.5, 0.6) is 5.75 Å². The molecule has 0 saturated heterocycles. The van der Waals surface area contributed by atoms with Crippen molar-refractivity contribution in [1.29, 1.82) is 0 Å². The van der Waals surface area contributed by atoms with Gasteiger partial charge in [0, 0.05) is 0 Å². The zero-order valence-electron chi connectivity index (χ0n) is 11.8. The molecule has 1 aromatic carbocycles. The van der Waals surface area contributed by atoms with Gasteiger partial charge in [-0.1, -0.05) is 6.42 Å². The third-order valence-electron chi connectivity index (χ3n) is 3.58. The van der Waals surface area contributed by atoms with Crippen molar-refractivity contribution in [3.05, 3.63) is 42.5 Å². The Bertz CT molecular complexity index is 627. The van der Waals surface area contributed by atoms with Crippen molar-refractivity contribution >= 4 is 17.1 Å². The second-order valence-corrected chi connectivity index (χ2v) is 5.09. The third kappa shape index (κ3) is 3.51. The van der Waals surface area contributed by atoms with Crippen molar-refractivity contribution < 1.29 is 24.6 Å². The molecule has 0 amide bonds. The van der Waals surface area contributed by atoms with Crippen LogP contribution in [0.15, 0.2) is 12.1 Å². The molecule has 0 heterocycles. The summed E-state index contributed by atoms with van der Waals surface area (Å²) in [5.41, 5.74) is -2.52. The Kier molecular flexibility index (Phi) is 4.69. The van der Waals surface area contributed by atoms with E-state index in [1.165, 1.54) is 0 Å². The van der Waals surface area contributed by atoms with Crippen LogP contribution in [0, 0.1) is 30.3 Å². The molecule has 0 spiro atoms. The van der Waals surface area contributed by atoms with Gasteiger partial charge in [-0.15, -0.1) is 0 Å². The van der Waals surface area contributed by atoms with Gasteiger partial charge >= 0.3 is 11.4 Å². The first-order valence-electron chi connectivity index (χ1n) is 6.77. The summed E-state index contributed by atoms with van der Waals surface area (Å²) in [7, 11) is 0. The van der Waals surface area contributed by atoms with E-state index in [9.17, 15) is 35.4 Å². The fraction of sp³-hybridized carbons (Fsp3) is 0.500. The molecule has 0 radical (unpaired) electrons. The number of rotatable bonds is 5. The molecule has 23 heavy (non-hydrogen) atoms. The van der Waals surface area contributed by atoms with Crippen LogP contribution in [0.2, 0.25) is 0 Å². The van der Waals surface area contributed by atoms with Crippen LogP contribution in [-0.2, 0) is 0 Å². The number of non-ortho nitro benzene ring substituents is 1. The van der Waals surface area contributed by atoms with Gasteiger partial charge in [0.2, 0.25) is 0 Å². The van der Waals surface area contributed by atoms with Crippen molar-refractivity contribution in [1.82, 2.24) is 0 Å². The van der Waals surface area contributed by atoms with Crippen molar-refractivity contribution in [2.75, 3.05) is 0 Å². The Morgan fingerprint density at radius 1 is 0.957 bits per heavy atom. The molecule has 1 aromatic rings. The van der Waals surface area contributed by atoms with Crippen LogP contribution < -0.4 is 4.74 Å². The van der Waals surface area contributed by atoms with Gasteiger partial charge in [0.05, 0.1) is 33.0 Å². The lowest BCUT2D eigenvalue weighted by Gasteiger charge is -2.27. The highest BCUT2D eigenvalue weighted by Crippen LogP contribution is 2.42. The molecule has 1 aliphatic rings. The minimum Gasteiger partial charge on any atom is -0.476 e. The second kappa shape index (κ2) is 6.52. The fourth-order valence-electron chi connectivity index (χ4n) is 2.45. The number of nitrogens with zero attached hydrogens (tertiary/aromatic N) is 3. The molecule has 2 atom stereocenters. The van der Waals surface area contributed by atoms with E-state index < -0.39 is 49.8 Å². The summed E-state index contributed by atoms with van der Waals surface area (Å²) in [6.45, 7) is 0. The number of aliphatic hydroxyl groups is 1. The molecule has 0 unspecified atom stereocenters. The number of benzene rings is 1. The lowest BCUT2D eigenvalue weighted by Crippen LogP contribution is -2.35.